The topological polar surface area (TPSA) is 67.9 Å². The summed E-state index contributed by atoms with van der Waals surface area (Å²) in [6, 6.07) is 4.90. The Kier molecular flexibility index (Phi) is 6.13. The number of benzene rings is 1. The minimum Gasteiger partial charge on any atom is -0.490 e. The van der Waals surface area contributed by atoms with Gasteiger partial charge in [-0.25, -0.2) is 8.42 Å². The highest BCUT2D eigenvalue weighted by atomic mass is 35.5. The smallest absolute Gasteiger partial charge is 0.243 e. The molecule has 0 saturated carbocycles. The lowest BCUT2D eigenvalue weighted by Gasteiger charge is -2.30. The van der Waals surface area contributed by atoms with Crippen LogP contribution in [0.5, 0.6) is 11.5 Å². The third kappa shape index (κ3) is 3.91. The third-order valence-corrected chi connectivity index (χ3v) is 6.12. The summed E-state index contributed by atoms with van der Waals surface area (Å²) < 4.78 is 38.3. The van der Waals surface area contributed by atoms with E-state index in [1.54, 1.807) is 25.2 Å². The summed E-state index contributed by atoms with van der Waals surface area (Å²) in [6.07, 6.45) is 2.46. The van der Waals surface area contributed by atoms with Crippen LogP contribution in [0.15, 0.2) is 23.1 Å². The predicted octanol–water partition coefficient (Wildman–Crippen LogP) is 1.64. The van der Waals surface area contributed by atoms with Gasteiger partial charge in [0.15, 0.2) is 11.5 Å². The average molecular weight is 363 g/mol. The Balaban J connectivity index is 0.00000192. The van der Waals surface area contributed by atoms with E-state index in [1.807, 2.05) is 0 Å². The minimum absolute atomic E-state index is 0. The lowest BCUT2D eigenvalue weighted by Crippen LogP contribution is -2.43. The summed E-state index contributed by atoms with van der Waals surface area (Å²) in [5.74, 6) is 1.12. The van der Waals surface area contributed by atoms with Crippen LogP contribution in [0.3, 0.4) is 0 Å². The molecule has 2 heterocycles. The maximum Gasteiger partial charge on any atom is 0.243 e. The molecule has 1 saturated heterocycles. The molecule has 0 aliphatic carbocycles. The maximum absolute atomic E-state index is 12.8. The molecule has 0 aromatic heterocycles. The number of piperidine rings is 1. The third-order valence-electron chi connectivity index (χ3n) is 4.22. The first-order chi connectivity index (χ1) is 10.6. The molecule has 0 amide bonds. The maximum atomic E-state index is 12.8. The molecule has 130 valence electrons. The van der Waals surface area contributed by atoms with Crippen molar-refractivity contribution in [3.8, 4) is 11.5 Å². The molecule has 1 aromatic rings. The van der Waals surface area contributed by atoms with Gasteiger partial charge in [-0.15, -0.1) is 12.4 Å². The summed E-state index contributed by atoms with van der Waals surface area (Å²) in [7, 11) is -1.85. The highest BCUT2D eigenvalue weighted by molar-refractivity contribution is 7.89. The van der Waals surface area contributed by atoms with E-state index < -0.39 is 10.0 Å². The Morgan fingerprint density at radius 1 is 1.13 bits per heavy atom. The van der Waals surface area contributed by atoms with Crippen molar-refractivity contribution in [2.45, 2.75) is 30.2 Å². The fourth-order valence-corrected chi connectivity index (χ4v) is 4.27. The first kappa shape index (κ1) is 18.3. The molecule has 0 radical (unpaired) electrons. The number of sulfonamides is 1. The van der Waals surface area contributed by atoms with E-state index in [9.17, 15) is 8.42 Å². The van der Waals surface area contributed by atoms with Crippen LogP contribution < -0.4 is 14.8 Å². The van der Waals surface area contributed by atoms with Gasteiger partial charge in [-0.05, 0) is 38.1 Å². The number of hydrogen-bond donors (Lipinski definition) is 1. The van der Waals surface area contributed by atoms with Crippen LogP contribution in [0.1, 0.15) is 19.3 Å². The summed E-state index contributed by atoms with van der Waals surface area (Å²) in [5, 5.41) is 3.25. The van der Waals surface area contributed by atoms with Crippen molar-refractivity contribution in [3.63, 3.8) is 0 Å². The van der Waals surface area contributed by atoms with Crippen molar-refractivity contribution in [1.29, 1.82) is 0 Å². The number of hydrogen-bond acceptors (Lipinski definition) is 5. The molecule has 1 aromatic carbocycles. The fourth-order valence-electron chi connectivity index (χ4n) is 2.84. The summed E-state index contributed by atoms with van der Waals surface area (Å²) in [4.78, 5) is 0.262. The molecule has 0 atom stereocenters. The highest BCUT2D eigenvalue weighted by Gasteiger charge is 2.29. The first-order valence-corrected chi connectivity index (χ1v) is 9.11. The molecule has 0 spiro atoms. The highest BCUT2D eigenvalue weighted by Crippen LogP contribution is 2.33. The number of fused-ring (bicyclic) bond motifs is 1. The number of nitrogens with zero attached hydrogens (tertiary/aromatic N) is 1. The zero-order valence-electron chi connectivity index (χ0n) is 13.2. The summed E-state index contributed by atoms with van der Waals surface area (Å²) in [6.45, 7) is 2.84. The Hall–Kier alpha value is -1.02. The average Bonchev–Trinajstić information content (AvgIpc) is 2.79. The number of rotatable bonds is 3. The van der Waals surface area contributed by atoms with Crippen LogP contribution in [0.25, 0.3) is 0 Å². The van der Waals surface area contributed by atoms with Crippen LogP contribution in [0.4, 0.5) is 0 Å². The van der Waals surface area contributed by atoms with Crippen molar-refractivity contribution >= 4 is 22.4 Å². The Bertz CT molecular complexity index is 632. The summed E-state index contributed by atoms with van der Waals surface area (Å²) >= 11 is 0. The van der Waals surface area contributed by atoms with Gasteiger partial charge in [0.05, 0.1) is 18.1 Å². The molecular weight excluding hydrogens is 340 g/mol. The molecule has 6 nitrogen and oxygen atoms in total. The first-order valence-electron chi connectivity index (χ1n) is 7.67. The van der Waals surface area contributed by atoms with Crippen LogP contribution in [-0.4, -0.2) is 52.1 Å². The van der Waals surface area contributed by atoms with Crippen molar-refractivity contribution in [3.05, 3.63) is 18.2 Å². The van der Waals surface area contributed by atoms with Crippen molar-refractivity contribution < 1.29 is 17.9 Å². The Morgan fingerprint density at radius 2 is 1.78 bits per heavy atom. The normalized spacial score (nSPS) is 19.0. The summed E-state index contributed by atoms with van der Waals surface area (Å²) in [5.41, 5.74) is 0. The molecule has 2 aliphatic rings. The lowest BCUT2D eigenvalue weighted by atomic mass is 10.1. The molecule has 1 fully saturated rings. The minimum atomic E-state index is -3.51. The second kappa shape index (κ2) is 7.70. The van der Waals surface area contributed by atoms with E-state index in [-0.39, 0.29) is 23.3 Å². The van der Waals surface area contributed by atoms with Gasteiger partial charge in [0.25, 0.3) is 0 Å². The molecular formula is C15H23ClN2O4S. The predicted molar refractivity (Wildman–Crippen MR) is 90.1 cm³/mol. The van der Waals surface area contributed by atoms with Crippen LogP contribution in [-0.2, 0) is 10.0 Å². The van der Waals surface area contributed by atoms with Gasteiger partial charge in [-0.2, -0.15) is 4.31 Å². The molecule has 1 N–H and O–H groups in total. The zero-order chi connectivity index (χ0) is 15.6. The standard InChI is InChI=1S/C15H22N2O4S.ClH/c1-17(12-5-7-16-8-6-12)22(18,19)13-3-4-14-15(11-13)21-10-2-9-20-14;/h3-4,11-12,16H,2,5-10H2,1H3;1H. The van der Waals surface area contributed by atoms with Gasteiger partial charge in [-0.3, -0.25) is 0 Å². The molecule has 3 rings (SSSR count). The van der Waals surface area contributed by atoms with Crippen molar-refractivity contribution in [1.82, 2.24) is 9.62 Å². The number of nitrogens with one attached hydrogen (secondary N) is 1. The van der Waals surface area contributed by atoms with E-state index in [1.165, 1.54) is 4.31 Å². The zero-order valence-corrected chi connectivity index (χ0v) is 14.8. The second-order valence-electron chi connectivity index (χ2n) is 5.66. The van der Waals surface area contributed by atoms with Crippen LogP contribution >= 0.6 is 12.4 Å². The molecule has 2 aliphatic heterocycles. The van der Waals surface area contributed by atoms with Crippen LogP contribution in [0, 0.1) is 0 Å². The van der Waals surface area contributed by atoms with Gasteiger partial charge in [0, 0.05) is 25.6 Å². The van der Waals surface area contributed by atoms with E-state index >= 15 is 0 Å². The van der Waals surface area contributed by atoms with Gasteiger partial charge >= 0.3 is 0 Å². The Morgan fingerprint density at radius 3 is 2.48 bits per heavy atom. The van der Waals surface area contributed by atoms with E-state index in [0.717, 1.165) is 32.4 Å². The number of halogens is 1. The van der Waals surface area contributed by atoms with E-state index in [2.05, 4.69) is 5.32 Å². The van der Waals surface area contributed by atoms with Gasteiger partial charge in [0.2, 0.25) is 10.0 Å². The number of ether oxygens (including phenoxy) is 2. The quantitative estimate of drug-likeness (QED) is 0.885. The van der Waals surface area contributed by atoms with Gasteiger partial charge in [0.1, 0.15) is 0 Å². The van der Waals surface area contributed by atoms with E-state index in [4.69, 9.17) is 9.47 Å². The molecule has 0 unspecified atom stereocenters. The molecule has 8 heteroatoms. The molecule has 0 bridgehead atoms. The SMILES string of the molecule is CN(C1CCNCC1)S(=O)(=O)c1ccc2c(c1)OCCCO2.Cl. The van der Waals surface area contributed by atoms with Crippen molar-refractivity contribution in [2.24, 2.45) is 0 Å². The van der Waals surface area contributed by atoms with Crippen molar-refractivity contribution in [2.75, 3.05) is 33.4 Å². The van der Waals surface area contributed by atoms with Gasteiger partial charge < -0.3 is 14.8 Å². The second-order valence-corrected chi connectivity index (χ2v) is 7.66. The largest absolute Gasteiger partial charge is 0.490 e. The molecule has 23 heavy (non-hydrogen) atoms. The fraction of sp³-hybridized carbons (Fsp3) is 0.600. The van der Waals surface area contributed by atoms with Crippen LogP contribution in [0.2, 0.25) is 0 Å². The van der Waals surface area contributed by atoms with Gasteiger partial charge in [-0.1, -0.05) is 0 Å². The monoisotopic (exact) mass is 362 g/mol. The van der Waals surface area contributed by atoms with E-state index in [0.29, 0.717) is 24.7 Å². The Labute approximate surface area is 143 Å². The lowest BCUT2D eigenvalue weighted by molar-refractivity contribution is 0.295.